The number of aromatic nitrogens is 2. The molecule has 2 aliphatic heterocycles. The number of piperazine rings is 1. The van der Waals surface area contributed by atoms with Gasteiger partial charge in [-0.25, -0.2) is 9.97 Å². The molecule has 1 N–H and O–H groups in total. The van der Waals surface area contributed by atoms with E-state index in [2.05, 4.69) is 25.8 Å². The average Bonchev–Trinajstić information content (AvgIpc) is 2.78. The number of carbonyl (C=O) groups excluding carboxylic acids is 1. The van der Waals surface area contributed by atoms with Crippen molar-refractivity contribution in [3.05, 3.63) is 47.8 Å². The maximum atomic E-state index is 12.5. The smallest absolute Gasteiger partial charge is 0.229 e. The highest BCUT2D eigenvalue weighted by molar-refractivity contribution is 5.95. The lowest BCUT2D eigenvalue weighted by atomic mass is 9.96. The fourth-order valence-electron chi connectivity index (χ4n) is 4.30. The van der Waals surface area contributed by atoms with Crippen molar-refractivity contribution in [1.29, 1.82) is 0 Å². The number of nitrogens with zero attached hydrogens (tertiary/aromatic N) is 5. The summed E-state index contributed by atoms with van der Waals surface area (Å²) in [7, 11) is 0. The molecule has 0 aliphatic carbocycles. The highest BCUT2D eigenvalue weighted by atomic mass is 16.3. The molecule has 1 aromatic carbocycles. The molecule has 1 unspecified atom stereocenters. The molecule has 1 saturated heterocycles. The van der Waals surface area contributed by atoms with E-state index in [1.165, 1.54) is 0 Å². The Balaban J connectivity index is 1.38. The molecule has 0 saturated carbocycles. The van der Waals surface area contributed by atoms with Crippen molar-refractivity contribution in [1.82, 2.24) is 14.9 Å². The van der Waals surface area contributed by atoms with E-state index >= 15 is 0 Å². The van der Waals surface area contributed by atoms with Crippen molar-refractivity contribution in [2.24, 2.45) is 5.92 Å². The van der Waals surface area contributed by atoms with Gasteiger partial charge in [0.05, 0.1) is 6.10 Å². The molecule has 2 aromatic rings. The van der Waals surface area contributed by atoms with Crippen LogP contribution in [-0.2, 0) is 11.2 Å². The summed E-state index contributed by atoms with van der Waals surface area (Å²) in [6.07, 6.45) is 4.92. The number of aryl methyl sites for hydroxylation is 1. The summed E-state index contributed by atoms with van der Waals surface area (Å²) in [5.74, 6) is 0.929. The van der Waals surface area contributed by atoms with Crippen LogP contribution in [0.5, 0.6) is 0 Å². The van der Waals surface area contributed by atoms with Gasteiger partial charge in [0.1, 0.15) is 0 Å². The van der Waals surface area contributed by atoms with Gasteiger partial charge in [-0.15, -0.1) is 0 Å². The number of carbonyl (C=O) groups is 1. The van der Waals surface area contributed by atoms with Crippen LogP contribution in [0, 0.1) is 5.92 Å². The first-order valence-corrected chi connectivity index (χ1v) is 10.9. The normalized spacial score (nSPS) is 18.4. The van der Waals surface area contributed by atoms with Crippen molar-refractivity contribution in [2.75, 3.05) is 49.1 Å². The predicted molar refractivity (Wildman–Crippen MR) is 118 cm³/mol. The third-order valence-electron chi connectivity index (χ3n) is 6.01. The summed E-state index contributed by atoms with van der Waals surface area (Å²) in [6.45, 7) is 8.73. The average molecular weight is 410 g/mol. The molecule has 1 amide bonds. The molecule has 7 nitrogen and oxygen atoms in total. The van der Waals surface area contributed by atoms with Gasteiger partial charge in [0.25, 0.3) is 0 Å². The summed E-state index contributed by atoms with van der Waals surface area (Å²) < 4.78 is 0. The largest absolute Gasteiger partial charge is 0.387 e. The zero-order chi connectivity index (χ0) is 21.1. The quantitative estimate of drug-likeness (QED) is 0.817. The van der Waals surface area contributed by atoms with Gasteiger partial charge >= 0.3 is 0 Å². The van der Waals surface area contributed by atoms with Crippen LogP contribution in [0.25, 0.3) is 0 Å². The maximum absolute atomic E-state index is 12.5. The number of β-amino-alcohol motifs (C(OH)–C–C–N with tert-alkyl or cyclic N) is 1. The number of aliphatic hydroxyl groups is 1. The Hall–Kier alpha value is -2.51. The van der Waals surface area contributed by atoms with Crippen LogP contribution in [0.2, 0.25) is 0 Å². The standard InChI is InChI=1S/C23H31N5O2/c1-17(2)22(30)28-10-3-5-18-15-19(6-7-20(18)28)21(29)16-26-11-13-27(14-12-26)23-24-8-4-9-25-23/h4,6-9,15,17,21,29H,3,5,10-14,16H2,1-2H3. The van der Waals surface area contributed by atoms with E-state index in [4.69, 9.17) is 0 Å². The molecule has 1 atom stereocenters. The predicted octanol–water partition coefficient (Wildman–Crippen LogP) is 2.27. The molecule has 0 spiro atoms. The molecule has 0 bridgehead atoms. The van der Waals surface area contributed by atoms with E-state index < -0.39 is 6.10 Å². The Morgan fingerprint density at radius 1 is 1.10 bits per heavy atom. The van der Waals surface area contributed by atoms with Crippen LogP contribution in [0.4, 0.5) is 11.6 Å². The number of rotatable bonds is 5. The number of benzene rings is 1. The minimum absolute atomic E-state index is 0.0128. The first-order valence-electron chi connectivity index (χ1n) is 10.9. The number of anilines is 2. The Bertz CT molecular complexity index is 865. The van der Waals surface area contributed by atoms with Crippen molar-refractivity contribution < 1.29 is 9.90 Å². The minimum atomic E-state index is -0.536. The van der Waals surface area contributed by atoms with Gasteiger partial charge in [-0.05, 0) is 36.1 Å². The zero-order valence-corrected chi connectivity index (χ0v) is 17.9. The Morgan fingerprint density at radius 2 is 1.83 bits per heavy atom. The molecule has 30 heavy (non-hydrogen) atoms. The monoisotopic (exact) mass is 409 g/mol. The molecule has 1 aromatic heterocycles. The number of aliphatic hydroxyl groups excluding tert-OH is 1. The topological polar surface area (TPSA) is 72.8 Å². The van der Waals surface area contributed by atoms with Crippen LogP contribution >= 0.6 is 0 Å². The second-order valence-electron chi connectivity index (χ2n) is 8.49. The van der Waals surface area contributed by atoms with E-state index in [0.717, 1.165) is 68.3 Å². The van der Waals surface area contributed by atoms with E-state index in [-0.39, 0.29) is 11.8 Å². The number of hydrogen-bond donors (Lipinski definition) is 1. The Kier molecular flexibility index (Phi) is 6.29. The van der Waals surface area contributed by atoms with Gasteiger partial charge in [-0.2, -0.15) is 0 Å². The number of amides is 1. The lowest BCUT2D eigenvalue weighted by molar-refractivity contribution is -0.121. The Morgan fingerprint density at radius 3 is 2.53 bits per heavy atom. The highest BCUT2D eigenvalue weighted by Crippen LogP contribution is 2.31. The molecule has 2 aliphatic rings. The minimum Gasteiger partial charge on any atom is -0.387 e. The third-order valence-corrected chi connectivity index (χ3v) is 6.01. The van der Waals surface area contributed by atoms with E-state index in [9.17, 15) is 9.90 Å². The van der Waals surface area contributed by atoms with E-state index in [1.807, 2.05) is 36.9 Å². The fourth-order valence-corrected chi connectivity index (χ4v) is 4.30. The SMILES string of the molecule is CC(C)C(=O)N1CCCc2cc(C(O)CN3CCN(c4ncccn4)CC3)ccc21. The first-order chi connectivity index (χ1) is 14.5. The lowest BCUT2D eigenvalue weighted by Crippen LogP contribution is -2.48. The van der Waals surface area contributed by atoms with E-state index in [0.29, 0.717) is 6.54 Å². The molecule has 4 rings (SSSR count). The van der Waals surface area contributed by atoms with Crippen molar-refractivity contribution >= 4 is 17.5 Å². The van der Waals surface area contributed by atoms with Crippen LogP contribution in [0.3, 0.4) is 0 Å². The highest BCUT2D eigenvalue weighted by Gasteiger charge is 2.26. The zero-order valence-electron chi connectivity index (χ0n) is 17.9. The van der Waals surface area contributed by atoms with Gasteiger partial charge in [0, 0.05) is 63.3 Å². The molecular weight excluding hydrogens is 378 g/mol. The van der Waals surface area contributed by atoms with Crippen molar-refractivity contribution in [3.8, 4) is 0 Å². The second-order valence-corrected chi connectivity index (χ2v) is 8.49. The summed E-state index contributed by atoms with van der Waals surface area (Å²) in [4.78, 5) is 27.6. The van der Waals surface area contributed by atoms with Gasteiger partial charge < -0.3 is 14.9 Å². The fraction of sp³-hybridized carbons (Fsp3) is 0.522. The van der Waals surface area contributed by atoms with Gasteiger partial charge in [-0.1, -0.05) is 26.0 Å². The Labute approximate surface area is 178 Å². The number of fused-ring (bicyclic) bond motifs is 1. The molecular formula is C23H31N5O2. The molecule has 3 heterocycles. The van der Waals surface area contributed by atoms with Crippen LogP contribution in [0.1, 0.15) is 37.5 Å². The molecule has 7 heteroatoms. The van der Waals surface area contributed by atoms with Gasteiger partial charge in [-0.3, -0.25) is 9.69 Å². The van der Waals surface area contributed by atoms with Crippen LogP contribution in [0.15, 0.2) is 36.7 Å². The van der Waals surface area contributed by atoms with Crippen LogP contribution in [-0.4, -0.2) is 65.2 Å². The first kappa shape index (κ1) is 20.8. The van der Waals surface area contributed by atoms with Gasteiger partial charge in [0.2, 0.25) is 11.9 Å². The summed E-state index contributed by atoms with van der Waals surface area (Å²) in [6, 6.07) is 7.90. The van der Waals surface area contributed by atoms with E-state index in [1.54, 1.807) is 12.4 Å². The summed E-state index contributed by atoms with van der Waals surface area (Å²) in [5.41, 5.74) is 3.10. The molecule has 0 radical (unpaired) electrons. The van der Waals surface area contributed by atoms with Crippen LogP contribution < -0.4 is 9.80 Å². The summed E-state index contributed by atoms with van der Waals surface area (Å²) >= 11 is 0. The summed E-state index contributed by atoms with van der Waals surface area (Å²) in [5, 5.41) is 10.9. The second kappa shape index (κ2) is 9.10. The third kappa shape index (κ3) is 4.47. The van der Waals surface area contributed by atoms with Gasteiger partial charge in [0.15, 0.2) is 0 Å². The number of hydrogen-bond acceptors (Lipinski definition) is 6. The lowest BCUT2D eigenvalue weighted by Gasteiger charge is -2.36. The molecule has 1 fully saturated rings. The maximum Gasteiger partial charge on any atom is 0.229 e. The van der Waals surface area contributed by atoms with Crippen molar-refractivity contribution in [3.63, 3.8) is 0 Å². The van der Waals surface area contributed by atoms with Crippen molar-refractivity contribution in [2.45, 2.75) is 32.8 Å². The molecule has 160 valence electrons.